The van der Waals surface area contributed by atoms with Crippen molar-refractivity contribution in [2.45, 2.75) is 32.7 Å². The average molecular weight is 235 g/mol. The predicted molar refractivity (Wildman–Crippen MR) is 70.6 cm³/mol. The summed E-state index contributed by atoms with van der Waals surface area (Å²) >= 11 is 0. The van der Waals surface area contributed by atoms with Crippen LogP contribution in [0.4, 0.5) is 5.69 Å². The van der Waals surface area contributed by atoms with Crippen LogP contribution in [-0.4, -0.2) is 30.6 Å². The van der Waals surface area contributed by atoms with Crippen LogP contribution >= 0.6 is 0 Å². The lowest BCUT2D eigenvalue weighted by atomic mass is 10.1. The van der Waals surface area contributed by atoms with E-state index in [1.165, 1.54) is 0 Å². The van der Waals surface area contributed by atoms with Gasteiger partial charge in [0.2, 0.25) is 0 Å². The molecule has 1 aromatic rings. The molecule has 0 aliphatic carbocycles. The summed E-state index contributed by atoms with van der Waals surface area (Å²) in [5, 5.41) is 9.17. The molecule has 0 spiro atoms. The highest BCUT2D eigenvalue weighted by atomic mass is 16.3. The minimum Gasteiger partial charge on any atom is -0.395 e. The van der Waals surface area contributed by atoms with E-state index >= 15 is 0 Å². The molecule has 1 N–H and O–H groups in total. The fourth-order valence-corrected chi connectivity index (χ4v) is 2.19. The number of aliphatic hydroxyl groups is 1. The van der Waals surface area contributed by atoms with E-state index in [9.17, 15) is 9.90 Å². The van der Waals surface area contributed by atoms with Crippen LogP contribution in [0, 0.1) is 0 Å². The van der Waals surface area contributed by atoms with Crippen molar-refractivity contribution in [3.8, 4) is 0 Å². The van der Waals surface area contributed by atoms with Gasteiger partial charge in [0.15, 0.2) is 6.29 Å². The van der Waals surface area contributed by atoms with Crippen LogP contribution in [0.5, 0.6) is 0 Å². The molecule has 0 atom stereocenters. The molecule has 1 rings (SSSR count). The molecule has 0 saturated heterocycles. The van der Waals surface area contributed by atoms with Crippen molar-refractivity contribution in [2.75, 3.05) is 18.1 Å². The molecular formula is C14H21NO2. The van der Waals surface area contributed by atoms with E-state index in [0.717, 1.165) is 24.8 Å². The molecule has 0 aliphatic rings. The van der Waals surface area contributed by atoms with Gasteiger partial charge in [-0.05, 0) is 25.0 Å². The number of rotatable bonds is 7. The number of anilines is 1. The Morgan fingerprint density at radius 3 is 2.47 bits per heavy atom. The molecule has 17 heavy (non-hydrogen) atoms. The minimum atomic E-state index is 0.101. The fraction of sp³-hybridized carbons (Fsp3) is 0.500. The molecule has 0 fully saturated rings. The zero-order valence-electron chi connectivity index (χ0n) is 10.6. The monoisotopic (exact) mass is 235 g/mol. The molecule has 0 bridgehead atoms. The van der Waals surface area contributed by atoms with Crippen molar-refractivity contribution in [3.63, 3.8) is 0 Å². The Bertz CT molecular complexity index is 348. The van der Waals surface area contributed by atoms with Gasteiger partial charge in [-0.2, -0.15) is 0 Å². The summed E-state index contributed by atoms with van der Waals surface area (Å²) in [7, 11) is 0. The third-order valence-corrected chi connectivity index (χ3v) is 3.10. The van der Waals surface area contributed by atoms with Gasteiger partial charge in [-0.3, -0.25) is 4.79 Å². The van der Waals surface area contributed by atoms with Crippen molar-refractivity contribution in [2.24, 2.45) is 0 Å². The van der Waals surface area contributed by atoms with Crippen LogP contribution in [0.1, 0.15) is 37.0 Å². The standard InChI is InChI=1S/C14H21NO2/c1-3-13(4-2)15(9-10-16)14-8-6-5-7-12(14)11-17/h5-8,11,13,16H,3-4,9-10H2,1-2H3. The highest BCUT2D eigenvalue weighted by Gasteiger charge is 2.17. The van der Waals surface area contributed by atoms with Crippen molar-refractivity contribution in [1.82, 2.24) is 0 Å². The minimum absolute atomic E-state index is 0.101. The van der Waals surface area contributed by atoms with Crippen LogP contribution in [0.2, 0.25) is 0 Å². The van der Waals surface area contributed by atoms with Crippen LogP contribution in [-0.2, 0) is 0 Å². The van der Waals surface area contributed by atoms with Crippen molar-refractivity contribution in [1.29, 1.82) is 0 Å². The molecule has 3 nitrogen and oxygen atoms in total. The first-order valence-electron chi connectivity index (χ1n) is 6.20. The second kappa shape index (κ2) is 7.07. The first-order chi connectivity index (χ1) is 8.28. The SMILES string of the molecule is CCC(CC)N(CCO)c1ccccc1C=O. The maximum absolute atomic E-state index is 11.0. The van der Waals surface area contributed by atoms with E-state index in [1.54, 1.807) is 0 Å². The summed E-state index contributed by atoms with van der Waals surface area (Å²) in [6.07, 6.45) is 2.88. The molecule has 0 unspecified atom stereocenters. The van der Waals surface area contributed by atoms with Gasteiger partial charge in [-0.15, -0.1) is 0 Å². The summed E-state index contributed by atoms with van der Waals surface area (Å²) < 4.78 is 0. The van der Waals surface area contributed by atoms with Gasteiger partial charge in [-0.25, -0.2) is 0 Å². The summed E-state index contributed by atoms with van der Waals surface area (Å²) in [6.45, 7) is 4.92. The Morgan fingerprint density at radius 1 is 1.29 bits per heavy atom. The fourth-order valence-electron chi connectivity index (χ4n) is 2.19. The second-order valence-corrected chi connectivity index (χ2v) is 4.06. The number of nitrogens with zero attached hydrogens (tertiary/aromatic N) is 1. The molecule has 3 heteroatoms. The predicted octanol–water partition coefficient (Wildman–Crippen LogP) is 2.49. The quantitative estimate of drug-likeness (QED) is 0.738. The van der Waals surface area contributed by atoms with E-state index < -0.39 is 0 Å². The number of carbonyl (C=O) groups excluding carboxylic acids is 1. The molecule has 0 radical (unpaired) electrons. The van der Waals surface area contributed by atoms with E-state index in [1.807, 2.05) is 24.3 Å². The highest BCUT2D eigenvalue weighted by molar-refractivity contribution is 5.84. The van der Waals surface area contributed by atoms with Gasteiger partial charge in [0.05, 0.1) is 6.61 Å². The van der Waals surface area contributed by atoms with Crippen molar-refractivity contribution >= 4 is 12.0 Å². The molecule has 0 amide bonds. The Morgan fingerprint density at radius 2 is 1.94 bits per heavy atom. The maximum atomic E-state index is 11.0. The number of hydrogen-bond donors (Lipinski definition) is 1. The number of para-hydroxylation sites is 1. The average Bonchev–Trinajstić information content (AvgIpc) is 2.39. The Hall–Kier alpha value is -1.35. The van der Waals surface area contributed by atoms with Crippen LogP contribution in [0.3, 0.4) is 0 Å². The van der Waals surface area contributed by atoms with Gasteiger partial charge >= 0.3 is 0 Å². The molecule has 0 heterocycles. The molecule has 0 saturated carbocycles. The van der Waals surface area contributed by atoms with Crippen molar-refractivity contribution in [3.05, 3.63) is 29.8 Å². The molecule has 94 valence electrons. The van der Waals surface area contributed by atoms with Crippen LogP contribution in [0.25, 0.3) is 0 Å². The van der Waals surface area contributed by atoms with E-state index in [4.69, 9.17) is 0 Å². The van der Waals surface area contributed by atoms with Crippen molar-refractivity contribution < 1.29 is 9.90 Å². The highest BCUT2D eigenvalue weighted by Crippen LogP contribution is 2.23. The lowest BCUT2D eigenvalue weighted by Crippen LogP contribution is -2.37. The van der Waals surface area contributed by atoms with E-state index in [0.29, 0.717) is 18.2 Å². The number of aldehydes is 1. The lowest BCUT2D eigenvalue weighted by molar-refractivity contribution is 0.112. The van der Waals surface area contributed by atoms with Gasteiger partial charge in [0, 0.05) is 23.8 Å². The maximum Gasteiger partial charge on any atom is 0.152 e. The Labute approximate surface area is 103 Å². The summed E-state index contributed by atoms with van der Waals surface area (Å²) in [5.74, 6) is 0. The van der Waals surface area contributed by atoms with E-state index in [2.05, 4.69) is 18.7 Å². The first-order valence-corrected chi connectivity index (χ1v) is 6.20. The molecule has 0 aliphatic heterocycles. The zero-order chi connectivity index (χ0) is 12.7. The lowest BCUT2D eigenvalue weighted by Gasteiger charge is -2.33. The summed E-state index contributed by atoms with van der Waals surface area (Å²) in [6, 6.07) is 7.90. The topological polar surface area (TPSA) is 40.5 Å². The summed E-state index contributed by atoms with van der Waals surface area (Å²) in [4.78, 5) is 13.2. The van der Waals surface area contributed by atoms with Gasteiger partial charge < -0.3 is 10.0 Å². The zero-order valence-corrected chi connectivity index (χ0v) is 10.6. The number of carbonyl (C=O) groups is 1. The Kier molecular flexibility index (Phi) is 5.70. The third kappa shape index (κ3) is 3.30. The van der Waals surface area contributed by atoms with Gasteiger partial charge in [-0.1, -0.05) is 26.0 Å². The molecule has 1 aromatic carbocycles. The smallest absolute Gasteiger partial charge is 0.152 e. The second-order valence-electron chi connectivity index (χ2n) is 4.06. The normalized spacial score (nSPS) is 10.6. The summed E-state index contributed by atoms with van der Waals surface area (Å²) in [5.41, 5.74) is 1.61. The molecular weight excluding hydrogens is 214 g/mol. The largest absolute Gasteiger partial charge is 0.395 e. The van der Waals surface area contributed by atoms with Gasteiger partial charge in [0.25, 0.3) is 0 Å². The number of hydrogen-bond acceptors (Lipinski definition) is 3. The Balaban J connectivity index is 3.07. The van der Waals surface area contributed by atoms with Crippen LogP contribution < -0.4 is 4.90 Å². The number of aliphatic hydroxyl groups excluding tert-OH is 1. The first kappa shape index (κ1) is 13.7. The van der Waals surface area contributed by atoms with E-state index in [-0.39, 0.29) is 6.61 Å². The number of benzene rings is 1. The van der Waals surface area contributed by atoms with Gasteiger partial charge in [0.1, 0.15) is 0 Å². The third-order valence-electron chi connectivity index (χ3n) is 3.10. The van der Waals surface area contributed by atoms with Crippen LogP contribution in [0.15, 0.2) is 24.3 Å². The molecule has 0 aromatic heterocycles.